The van der Waals surface area contributed by atoms with Gasteiger partial charge in [0.15, 0.2) is 11.2 Å². The normalized spacial score (nSPS) is 15.0. The highest BCUT2D eigenvalue weighted by molar-refractivity contribution is 6.25. The first-order chi connectivity index (χ1) is 34.8. The van der Waals surface area contributed by atoms with Gasteiger partial charge in [-0.25, -0.2) is 0 Å². The molecule has 0 atom stereocenters. The van der Waals surface area contributed by atoms with E-state index in [0.29, 0.717) is 12.1 Å². The molecule has 2 aliphatic rings. The van der Waals surface area contributed by atoms with Gasteiger partial charge in [0.05, 0.1) is 22.7 Å². The van der Waals surface area contributed by atoms with Crippen LogP contribution in [0.5, 0.6) is 0 Å². The van der Waals surface area contributed by atoms with Crippen molar-refractivity contribution in [1.82, 2.24) is 0 Å². The third kappa shape index (κ3) is 6.64. The number of hydrogen-bond acceptors (Lipinski definition) is 4. The Kier molecular flexibility index (Phi) is 10.00. The van der Waals surface area contributed by atoms with Crippen molar-refractivity contribution in [1.29, 1.82) is 0 Å². The highest BCUT2D eigenvalue weighted by Crippen LogP contribution is 2.51. The Bertz CT molecular complexity index is 3670. The number of para-hydroxylation sites is 4. The maximum atomic E-state index is 7.20. The lowest BCUT2D eigenvalue weighted by molar-refractivity contribution is 0.436. The van der Waals surface area contributed by atoms with Crippen LogP contribution in [0, 0.1) is 0 Å². The van der Waals surface area contributed by atoms with Crippen LogP contribution in [0.1, 0.15) is 64.2 Å². The van der Waals surface area contributed by atoms with Gasteiger partial charge in [-0.3, -0.25) is 0 Å². The molecule has 0 radical (unpaired) electrons. The zero-order chi connectivity index (χ0) is 46.1. The molecule has 2 aliphatic carbocycles. The summed E-state index contributed by atoms with van der Waals surface area (Å²) in [5.74, 6) is 0. The molecule has 0 amide bonds. The molecule has 14 rings (SSSR count). The zero-order valence-corrected chi connectivity index (χ0v) is 39.4. The van der Waals surface area contributed by atoms with E-state index in [0.717, 1.165) is 103 Å². The molecule has 0 bridgehead atoms. The van der Waals surface area contributed by atoms with Gasteiger partial charge in [0.2, 0.25) is 0 Å². The molecule has 10 aromatic carbocycles. The second-order valence-corrected chi connectivity index (χ2v) is 19.9. The van der Waals surface area contributed by atoms with Gasteiger partial charge in [0, 0.05) is 55.5 Å². The smallest absolute Gasteiger partial charge is 0.159 e. The zero-order valence-electron chi connectivity index (χ0n) is 39.4. The van der Waals surface area contributed by atoms with Gasteiger partial charge in [0.1, 0.15) is 11.2 Å². The maximum Gasteiger partial charge on any atom is 0.159 e. The Balaban J connectivity index is 1.01. The second-order valence-electron chi connectivity index (χ2n) is 19.9. The standard InChI is InChI=1S/C66H54N2O2/c1-5-21-43(22-6-1)47-33-17-35-53-55-37-19-39-59(65(55)69-63(47)53)67(45-25-9-3-10-26-45)61-41-57-50-30-14-16-32-52(50)62(42-58(57)49-29-13-15-31-51(49)61)68(46-27-11-4-12-28-46)60-40-20-38-56-54-36-18-34-48(64(54)70-66(56)60)44-23-7-2-8-24-44/h1-2,5-8,13-24,29-42,45-46H,3-4,9-12,25-28H2. The summed E-state index contributed by atoms with van der Waals surface area (Å²) in [4.78, 5) is 5.38. The predicted molar refractivity (Wildman–Crippen MR) is 295 cm³/mol. The van der Waals surface area contributed by atoms with Gasteiger partial charge in [0.25, 0.3) is 0 Å². The van der Waals surface area contributed by atoms with E-state index >= 15 is 0 Å². The van der Waals surface area contributed by atoms with Crippen LogP contribution in [0.2, 0.25) is 0 Å². The van der Waals surface area contributed by atoms with Crippen molar-refractivity contribution in [2.24, 2.45) is 0 Å². The minimum atomic E-state index is 0.320. The summed E-state index contributed by atoms with van der Waals surface area (Å²) < 4.78 is 14.4. The molecule has 4 nitrogen and oxygen atoms in total. The minimum absolute atomic E-state index is 0.320. The molecule has 4 heteroatoms. The Morgan fingerprint density at radius 3 is 1.03 bits per heavy atom. The SMILES string of the molecule is c1ccc(-c2cccc3c2oc2c(N(c4cc5c6ccccc6c(N(c6cccc7c6oc6c(-c8ccccc8)cccc67)C6CCCCC6)cc5c5ccccc45)C4CCCCC4)cccc23)cc1. The van der Waals surface area contributed by atoms with Gasteiger partial charge >= 0.3 is 0 Å². The first kappa shape index (κ1) is 41.2. The highest BCUT2D eigenvalue weighted by atomic mass is 16.3. The Morgan fingerprint density at radius 1 is 0.271 bits per heavy atom. The van der Waals surface area contributed by atoms with E-state index in [1.807, 2.05) is 0 Å². The van der Waals surface area contributed by atoms with Gasteiger partial charge in [-0.2, -0.15) is 0 Å². The number of fused-ring (bicyclic) bond motifs is 11. The van der Waals surface area contributed by atoms with Crippen molar-refractivity contribution in [2.75, 3.05) is 9.80 Å². The monoisotopic (exact) mass is 906 g/mol. The lowest BCUT2D eigenvalue weighted by Gasteiger charge is -2.38. The van der Waals surface area contributed by atoms with Crippen LogP contribution in [-0.4, -0.2) is 12.1 Å². The molecule has 0 unspecified atom stereocenters. The van der Waals surface area contributed by atoms with Crippen molar-refractivity contribution in [3.63, 3.8) is 0 Å². The van der Waals surface area contributed by atoms with Crippen LogP contribution in [0.4, 0.5) is 22.7 Å². The van der Waals surface area contributed by atoms with E-state index < -0.39 is 0 Å². The predicted octanol–water partition coefficient (Wildman–Crippen LogP) is 19.2. The fourth-order valence-electron chi connectivity index (χ4n) is 12.7. The molecule has 2 aromatic heterocycles. The van der Waals surface area contributed by atoms with Gasteiger partial charge < -0.3 is 18.6 Å². The summed E-state index contributed by atoms with van der Waals surface area (Å²) in [6.45, 7) is 0. The van der Waals surface area contributed by atoms with Gasteiger partial charge in [-0.1, -0.05) is 208 Å². The molecule has 2 heterocycles. The minimum Gasteiger partial charge on any atom is -0.453 e. The molecule has 0 aliphatic heterocycles. The summed E-state index contributed by atoms with van der Waals surface area (Å²) in [7, 11) is 0. The summed E-state index contributed by atoms with van der Waals surface area (Å²) >= 11 is 0. The van der Waals surface area contributed by atoms with Crippen molar-refractivity contribution in [2.45, 2.75) is 76.3 Å². The average Bonchev–Trinajstić information content (AvgIpc) is 4.02. The lowest BCUT2D eigenvalue weighted by atomic mass is 9.89. The van der Waals surface area contributed by atoms with Crippen molar-refractivity contribution in [3.05, 3.63) is 194 Å². The molecule has 70 heavy (non-hydrogen) atoms. The topological polar surface area (TPSA) is 32.8 Å². The molecule has 12 aromatic rings. The molecule has 0 saturated heterocycles. The van der Waals surface area contributed by atoms with Crippen LogP contribution in [0.15, 0.2) is 203 Å². The highest BCUT2D eigenvalue weighted by Gasteiger charge is 2.31. The van der Waals surface area contributed by atoms with E-state index in [1.165, 1.54) is 82.2 Å². The van der Waals surface area contributed by atoms with Crippen LogP contribution >= 0.6 is 0 Å². The number of nitrogens with zero attached hydrogens (tertiary/aromatic N) is 2. The number of furan rings is 2. The maximum absolute atomic E-state index is 7.20. The first-order valence-electron chi connectivity index (χ1n) is 25.7. The Morgan fingerprint density at radius 2 is 0.614 bits per heavy atom. The first-order valence-corrected chi connectivity index (χ1v) is 25.7. The summed E-state index contributed by atoms with van der Waals surface area (Å²) in [6, 6.07) is 72.2. The number of hydrogen-bond donors (Lipinski definition) is 0. The van der Waals surface area contributed by atoms with E-state index in [1.54, 1.807) is 0 Å². The third-order valence-corrected chi connectivity index (χ3v) is 15.9. The summed E-state index contributed by atoms with van der Waals surface area (Å²) in [6.07, 6.45) is 12.0. The van der Waals surface area contributed by atoms with Crippen LogP contribution < -0.4 is 9.80 Å². The lowest BCUT2D eigenvalue weighted by Crippen LogP contribution is -2.33. The van der Waals surface area contributed by atoms with Crippen molar-refractivity contribution in [3.8, 4) is 22.3 Å². The van der Waals surface area contributed by atoms with E-state index in [-0.39, 0.29) is 0 Å². The van der Waals surface area contributed by atoms with E-state index in [2.05, 4.69) is 204 Å². The van der Waals surface area contributed by atoms with Gasteiger partial charge in [-0.05, 0) is 82.6 Å². The Hall–Kier alpha value is -7.82. The van der Waals surface area contributed by atoms with E-state index in [9.17, 15) is 0 Å². The van der Waals surface area contributed by atoms with Crippen molar-refractivity contribution < 1.29 is 8.83 Å². The fourth-order valence-corrected chi connectivity index (χ4v) is 12.7. The molecular weight excluding hydrogens is 853 g/mol. The van der Waals surface area contributed by atoms with Crippen LogP contribution in [-0.2, 0) is 0 Å². The summed E-state index contributed by atoms with van der Waals surface area (Å²) in [5.41, 5.74) is 13.1. The molecule has 2 saturated carbocycles. The number of benzene rings is 10. The van der Waals surface area contributed by atoms with Crippen LogP contribution in [0.25, 0.3) is 98.4 Å². The fraction of sp³-hybridized carbons (Fsp3) is 0.182. The molecule has 340 valence electrons. The molecular formula is C66H54N2O2. The third-order valence-electron chi connectivity index (χ3n) is 15.9. The quantitative estimate of drug-likeness (QED) is 0.142. The van der Waals surface area contributed by atoms with Gasteiger partial charge in [-0.15, -0.1) is 0 Å². The largest absolute Gasteiger partial charge is 0.453 e. The second kappa shape index (κ2) is 17.0. The van der Waals surface area contributed by atoms with E-state index in [4.69, 9.17) is 8.83 Å². The Labute approximate surface area is 408 Å². The number of rotatable bonds is 8. The molecule has 0 N–H and O–H groups in total. The van der Waals surface area contributed by atoms with Crippen molar-refractivity contribution >= 4 is 98.9 Å². The molecule has 0 spiro atoms. The van der Waals surface area contributed by atoms with Crippen LogP contribution in [0.3, 0.4) is 0 Å². The molecule has 2 fully saturated rings. The summed E-state index contributed by atoms with van der Waals surface area (Å²) in [5, 5.41) is 12.2. The average molecular weight is 907 g/mol. The number of anilines is 4.